The Hall–Kier alpha value is -6.45. The second-order valence-corrected chi connectivity index (χ2v) is 15.6. The van der Waals surface area contributed by atoms with Gasteiger partial charge in [0, 0.05) is 32.0 Å². The number of hydrogen-bond donors (Lipinski definition) is 0. The van der Waals surface area contributed by atoms with Crippen molar-refractivity contribution in [3.05, 3.63) is 211 Å². The number of hydrogen-bond acceptors (Lipinski definition) is 2. The Labute approximate surface area is 366 Å². The van der Waals surface area contributed by atoms with Gasteiger partial charge in [-0.25, -0.2) is 0 Å². The smallest absolute Gasteiger partial charge is 0.0774 e. The van der Waals surface area contributed by atoms with Crippen LogP contribution >= 0.6 is 0 Å². The van der Waals surface area contributed by atoms with Crippen molar-refractivity contribution < 1.29 is 20.1 Å². The van der Waals surface area contributed by atoms with E-state index in [9.17, 15) is 0 Å². The largest absolute Gasteiger partial charge is 0.333 e. The number of benzene rings is 8. The molecule has 1 radical (unpaired) electrons. The molecule has 0 unspecified atom stereocenters. The summed E-state index contributed by atoms with van der Waals surface area (Å²) in [5.74, 6) is 1.58. The van der Waals surface area contributed by atoms with E-state index in [1.54, 1.807) is 6.20 Å². The van der Waals surface area contributed by atoms with Crippen molar-refractivity contribution in [2.24, 2.45) is 0 Å². The third-order valence-corrected chi connectivity index (χ3v) is 11.1. The van der Waals surface area contributed by atoms with E-state index in [0.717, 1.165) is 33.7 Å². The minimum Gasteiger partial charge on any atom is -0.333 e. The van der Waals surface area contributed by atoms with Crippen LogP contribution in [0.2, 0.25) is 0 Å². The summed E-state index contributed by atoms with van der Waals surface area (Å²) >= 11 is 0. The van der Waals surface area contributed by atoms with Crippen LogP contribution < -0.4 is 0 Å². The number of rotatable bonds is 7. The molecule has 10 rings (SSSR count). The molecule has 2 heterocycles. The van der Waals surface area contributed by atoms with Crippen LogP contribution in [0.5, 0.6) is 0 Å². The number of nitrogens with zero attached hydrogens (tertiary/aromatic N) is 3. The second kappa shape index (κ2) is 17.8. The molecular weight excluding hydrogens is 907 g/mol. The normalized spacial score (nSPS) is 11.2. The van der Waals surface area contributed by atoms with E-state index in [4.69, 9.17) is 4.98 Å². The zero-order valence-electron chi connectivity index (χ0n) is 34.2. The van der Waals surface area contributed by atoms with E-state index >= 15 is 0 Å². The van der Waals surface area contributed by atoms with Crippen molar-refractivity contribution >= 4 is 32.6 Å². The van der Waals surface area contributed by atoms with Gasteiger partial charge in [-0.15, -0.1) is 64.5 Å². The van der Waals surface area contributed by atoms with Crippen LogP contribution in [0.15, 0.2) is 188 Å². The van der Waals surface area contributed by atoms with Crippen LogP contribution in [0.1, 0.15) is 50.7 Å². The van der Waals surface area contributed by atoms with Gasteiger partial charge in [-0.2, -0.15) is 0 Å². The van der Waals surface area contributed by atoms with E-state index in [2.05, 4.69) is 189 Å². The Balaban J connectivity index is 0.000000220. The molecule has 0 spiro atoms. The zero-order valence-corrected chi connectivity index (χ0v) is 36.6. The van der Waals surface area contributed by atoms with Gasteiger partial charge >= 0.3 is 0 Å². The van der Waals surface area contributed by atoms with E-state index in [-0.39, 0.29) is 20.1 Å². The number of para-hydroxylation sites is 2. The van der Waals surface area contributed by atoms with Gasteiger partial charge in [-0.1, -0.05) is 160 Å². The van der Waals surface area contributed by atoms with E-state index in [0.29, 0.717) is 11.8 Å². The van der Waals surface area contributed by atoms with Crippen molar-refractivity contribution in [3.63, 3.8) is 0 Å². The standard InChI is InChI=1S/C39H33N2.C17H12N.Ir/c1-25(2)34-23-31(27-12-6-5-7-13-27)24-35(26(3)4)38(34)41-37-17-11-10-16-36(37)40-39(41)30-20-21-33-29(22-30)19-18-28-14-8-9-15-32(28)33;1-2-7-14(8-3-1)15-9-6-10-16(13-15)17-11-4-5-12-18-17;/h5-19,21-26H,1-4H3;1-9,11-13H;/q2*-1;. The summed E-state index contributed by atoms with van der Waals surface area (Å²) in [6.07, 6.45) is 1.80. The maximum absolute atomic E-state index is 5.24. The summed E-state index contributed by atoms with van der Waals surface area (Å²) in [4.78, 5) is 9.59. The topological polar surface area (TPSA) is 30.7 Å². The van der Waals surface area contributed by atoms with Crippen LogP contribution in [-0.2, 0) is 20.1 Å². The molecule has 10 aromatic rings. The van der Waals surface area contributed by atoms with E-state index in [1.165, 1.54) is 60.6 Å². The predicted octanol–water partition coefficient (Wildman–Crippen LogP) is 14.9. The molecule has 0 atom stereocenters. The van der Waals surface area contributed by atoms with Crippen LogP contribution in [0, 0.1) is 12.1 Å². The third-order valence-electron chi connectivity index (χ3n) is 11.1. The molecule has 4 heteroatoms. The molecule has 0 amide bonds. The van der Waals surface area contributed by atoms with Crippen molar-refractivity contribution in [2.75, 3.05) is 0 Å². The summed E-state index contributed by atoms with van der Waals surface area (Å²) in [5, 5.41) is 4.91. The molecule has 295 valence electrons. The summed E-state index contributed by atoms with van der Waals surface area (Å²) in [6.45, 7) is 9.18. The van der Waals surface area contributed by atoms with Crippen molar-refractivity contribution in [1.29, 1.82) is 0 Å². The summed E-state index contributed by atoms with van der Waals surface area (Å²) in [5.41, 5.74) is 13.9. The molecule has 0 bridgehead atoms. The van der Waals surface area contributed by atoms with Gasteiger partial charge in [-0.05, 0) is 81.1 Å². The molecular formula is C56H45IrN3-2. The maximum Gasteiger partial charge on any atom is 0.0774 e. The minimum absolute atomic E-state index is 0. The predicted molar refractivity (Wildman–Crippen MR) is 248 cm³/mol. The van der Waals surface area contributed by atoms with Gasteiger partial charge in [-0.3, -0.25) is 4.98 Å². The zero-order chi connectivity index (χ0) is 40.3. The fourth-order valence-corrected chi connectivity index (χ4v) is 8.07. The molecule has 0 fully saturated rings. The van der Waals surface area contributed by atoms with Crippen LogP contribution in [0.25, 0.3) is 83.2 Å². The number of imidazole rings is 1. The molecule has 0 aliphatic rings. The van der Waals surface area contributed by atoms with E-state index in [1.807, 2.05) is 42.5 Å². The average molecular weight is 952 g/mol. The van der Waals surface area contributed by atoms with Gasteiger partial charge in [0.15, 0.2) is 0 Å². The molecule has 0 saturated heterocycles. The van der Waals surface area contributed by atoms with Crippen LogP contribution in [-0.4, -0.2) is 14.5 Å². The first-order chi connectivity index (χ1) is 28.9. The molecule has 0 saturated carbocycles. The van der Waals surface area contributed by atoms with Crippen molar-refractivity contribution in [2.45, 2.75) is 39.5 Å². The van der Waals surface area contributed by atoms with Gasteiger partial charge in [0.1, 0.15) is 0 Å². The summed E-state index contributed by atoms with van der Waals surface area (Å²) in [6, 6.07) is 70.6. The number of pyridine rings is 1. The molecule has 3 nitrogen and oxygen atoms in total. The fourth-order valence-electron chi connectivity index (χ4n) is 8.07. The van der Waals surface area contributed by atoms with Crippen molar-refractivity contribution in [3.8, 4) is 50.6 Å². The first kappa shape index (κ1) is 40.3. The van der Waals surface area contributed by atoms with Gasteiger partial charge in [0.05, 0.1) is 16.9 Å². The number of fused-ring (bicyclic) bond motifs is 4. The Morgan fingerprint density at radius 1 is 0.500 bits per heavy atom. The monoisotopic (exact) mass is 952 g/mol. The van der Waals surface area contributed by atoms with Crippen LogP contribution in [0.4, 0.5) is 0 Å². The van der Waals surface area contributed by atoms with Gasteiger partial charge in [0.25, 0.3) is 0 Å². The molecule has 8 aromatic carbocycles. The Bertz CT molecular complexity index is 2960. The Kier molecular flexibility index (Phi) is 12.0. The summed E-state index contributed by atoms with van der Waals surface area (Å²) in [7, 11) is 0. The van der Waals surface area contributed by atoms with Gasteiger partial charge in [0.2, 0.25) is 0 Å². The van der Waals surface area contributed by atoms with Crippen molar-refractivity contribution in [1.82, 2.24) is 14.5 Å². The van der Waals surface area contributed by atoms with Crippen LogP contribution in [0.3, 0.4) is 0 Å². The quantitative estimate of drug-likeness (QED) is 0.118. The van der Waals surface area contributed by atoms with E-state index < -0.39 is 0 Å². The molecule has 60 heavy (non-hydrogen) atoms. The first-order valence-corrected chi connectivity index (χ1v) is 20.5. The first-order valence-electron chi connectivity index (χ1n) is 20.5. The molecule has 0 N–H and O–H groups in total. The molecule has 2 aromatic heterocycles. The SMILES string of the molecule is CC(C)c1cc(-c2ccccc2)cc(C(C)C)c1-n1c(-c2[c-]cc3c(ccc4ccccc43)c2)nc2ccccc21.[Ir].[c-]1ccc(-c2ccccc2)cc1-c1ccccn1. The molecule has 0 aliphatic carbocycles. The summed E-state index contributed by atoms with van der Waals surface area (Å²) < 4.78 is 2.40. The number of aromatic nitrogens is 3. The Morgan fingerprint density at radius 3 is 1.83 bits per heavy atom. The second-order valence-electron chi connectivity index (χ2n) is 15.6. The fraction of sp³-hybridized carbons (Fsp3) is 0.107. The third kappa shape index (κ3) is 8.10. The maximum atomic E-state index is 5.24. The minimum atomic E-state index is 0. The molecule has 0 aliphatic heterocycles. The average Bonchev–Trinajstić information content (AvgIpc) is 3.69. The Morgan fingerprint density at radius 2 is 1.13 bits per heavy atom. The van der Waals surface area contributed by atoms with Gasteiger partial charge < -0.3 is 9.55 Å².